The Balaban J connectivity index is 1.73. The van der Waals surface area contributed by atoms with Crippen molar-refractivity contribution in [1.82, 2.24) is 10.2 Å². The van der Waals surface area contributed by atoms with E-state index in [2.05, 4.69) is 10.2 Å². The van der Waals surface area contributed by atoms with Gasteiger partial charge in [-0.2, -0.15) is 0 Å². The summed E-state index contributed by atoms with van der Waals surface area (Å²) in [5, 5.41) is 2.99. The number of hydrogen-bond acceptors (Lipinski definition) is 4. The van der Waals surface area contributed by atoms with Crippen molar-refractivity contribution in [1.29, 1.82) is 0 Å². The van der Waals surface area contributed by atoms with E-state index in [1.165, 1.54) is 13.5 Å². The third-order valence-corrected chi connectivity index (χ3v) is 7.52. The second kappa shape index (κ2) is 9.41. The standard InChI is InChI=1S/C25H34N2O4/c1-31-21(28)14-17-26-23(29)22-19-12-6-7-13-20(19)24(30)27(18-10-4-2-5-11-18)25(22)15-8-3-9-16-25/h6-7,12-13,18,22H,2-5,8-11,14-17H2,1H3,(H,26,29)/t22-/m1/s1. The molecule has 2 fully saturated rings. The summed E-state index contributed by atoms with van der Waals surface area (Å²) < 4.78 is 4.71. The molecule has 1 spiro atoms. The molecular formula is C25H34N2O4. The lowest BCUT2D eigenvalue weighted by molar-refractivity contribution is -0.140. The zero-order valence-electron chi connectivity index (χ0n) is 18.5. The van der Waals surface area contributed by atoms with Crippen LogP contribution in [0.1, 0.15) is 92.5 Å². The number of benzene rings is 1. The van der Waals surface area contributed by atoms with Crippen LogP contribution in [0.2, 0.25) is 0 Å². The lowest BCUT2D eigenvalue weighted by atomic mass is 9.64. The maximum atomic E-state index is 13.8. The Kier molecular flexibility index (Phi) is 6.63. The lowest BCUT2D eigenvalue weighted by Gasteiger charge is -2.57. The van der Waals surface area contributed by atoms with Gasteiger partial charge in [0.25, 0.3) is 5.91 Å². The molecule has 1 N–H and O–H groups in total. The van der Waals surface area contributed by atoms with Crippen LogP contribution in [0, 0.1) is 0 Å². The minimum Gasteiger partial charge on any atom is -0.469 e. The number of hydrogen-bond donors (Lipinski definition) is 1. The van der Waals surface area contributed by atoms with Crippen molar-refractivity contribution in [2.75, 3.05) is 13.7 Å². The third-order valence-electron chi connectivity index (χ3n) is 7.52. The van der Waals surface area contributed by atoms with Gasteiger partial charge in [-0.15, -0.1) is 0 Å². The molecule has 1 aromatic carbocycles. The number of methoxy groups -OCH3 is 1. The molecule has 2 amide bonds. The van der Waals surface area contributed by atoms with E-state index >= 15 is 0 Å². The molecule has 0 unspecified atom stereocenters. The van der Waals surface area contributed by atoms with Gasteiger partial charge < -0.3 is 15.0 Å². The fourth-order valence-corrected chi connectivity index (χ4v) is 6.14. The Bertz CT molecular complexity index is 825. The van der Waals surface area contributed by atoms with Crippen LogP contribution in [0.15, 0.2) is 24.3 Å². The summed E-state index contributed by atoms with van der Waals surface area (Å²) >= 11 is 0. The smallest absolute Gasteiger partial charge is 0.307 e. The first-order valence-corrected chi connectivity index (χ1v) is 11.9. The molecule has 3 aliphatic rings. The number of esters is 1. The zero-order valence-corrected chi connectivity index (χ0v) is 18.5. The maximum absolute atomic E-state index is 13.8. The number of carbonyl (C=O) groups is 3. The monoisotopic (exact) mass is 426 g/mol. The number of nitrogens with one attached hydrogen (secondary N) is 1. The van der Waals surface area contributed by atoms with Gasteiger partial charge in [-0.1, -0.05) is 56.7 Å². The first-order chi connectivity index (χ1) is 15.1. The van der Waals surface area contributed by atoms with Crippen molar-refractivity contribution >= 4 is 17.8 Å². The van der Waals surface area contributed by atoms with Gasteiger partial charge in [0.15, 0.2) is 0 Å². The Labute approximate surface area is 184 Å². The molecule has 2 saturated carbocycles. The lowest BCUT2D eigenvalue weighted by Crippen LogP contribution is -2.65. The number of amides is 2. The van der Waals surface area contributed by atoms with Crippen LogP contribution in [0.25, 0.3) is 0 Å². The van der Waals surface area contributed by atoms with Gasteiger partial charge in [0.05, 0.1) is 25.0 Å². The van der Waals surface area contributed by atoms with E-state index in [-0.39, 0.29) is 36.8 Å². The van der Waals surface area contributed by atoms with E-state index in [4.69, 9.17) is 4.74 Å². The molecular weight excluding hydrogens is 392 g/mol. The largest absolute Gasteiger partial charge is 0.469 e. The molecule has 0 saturated heterocycles. The number of carbonyl (C=O) groups excluding carboxylic acids is 3. The van der Waals surface area contributed by atoms with Gasteiger partial charge in [-0.3, -0.25) is 14.4 Å². The minimum atomic E-state index is -0.471. The van der Waals surface area contributed by atoms with Gasteiger partial charge in [0.1, 0.15) is 0 Å². The van der Waals surface area contributed by atoms with Crippen molar-refractivity contribution in [2.24, 2.45) is 0 Å². The molecule has 6 nitrogen and oxygen atoms in total. The Morgan fingerprint density at radius 3 is 2.45 bits per heavy atom. The quantitative estimate of drug-likeness (QED) is 0.724. The predicted octanol–water partition coefficient (Wildman–Crippen LogP) is 3.94. The van der Waals surface area contributed by atoms with Crippen molar-refractivity contribution < 1.29 is 19.1 Å². The van der Waals surface area contributed by atoms with E-state index in [0.717, 1.165) is 63.4 Å². The molecule has 0 aromatic heterocycles. The summed E-state index contributed by atoms with van der Waals surface area (Å²) in [7, 11) is 1.35. The van der Waals surface area contributed by atoms with Crippen molar-refractivity contribution in [3.63, 3.8) is 0 Å². The summed E-state index contributed by atoms with van der Waals surface area (Å²) in [6.07, 6.45) is 10.6. The van der Waals surface area contributed by atoms with Crippen LogP contribution >= 0.6 is 0 Å². The summed E-state index contributed by atoms with van der Waals surface area (Å²) in [4.78, 5) is 41.2. The topological polar surface area (TPSA) is 75.7 Å². The summed E-state index contributed by atoms with van der Waals surface area (Å²) in [6.45, 7) is 0.248. The molecule has 1 atom stereocenters. The highest BCUT2D eigenvalue weighted by Crippen LogP contribution is 2.51. The molecule has 1 heterocycles. The Morgan fingerprint density at radius 1 is 1.06 bits per heavy atom. The van der Waals surface area contributed by atoms with E-state index in [9.17, 15) is 14.4 Å². The van der Waals surface area contributed by atoms with Gasteiger partial charge in [-0.05, 0) is 37.3 Å². The molecule has 31 heavy (non-hydrogen) atoms. The first-order valence-electron chi connectivity index (χ1n) is 11.9. The van der Waals surface area contributed by atoms with Crippen molar-refractivity contribution in [3.05, 3.63) is 35.4 Å². The number of ether oxygens (including phenoxy) is 1. The number of fused-ring (bicyclic) bond motifs is 1. The van der Waals surface area contributed by atoms with Gasteiger partial charge in [-0.25, -0.2) is 0 Å². The number of nitrogens with zero attached hydrogens (tertiary/aromatic N) is 1. The van der Waals surface area contributed by atoms with E-state index < -0.39 is 11.5 Å². The minimum absolute atomic E-state index is 0.0773. The fraction of sp³-hybridized carbons (Fsp3) is 0.640. The molecule has 2 aliphatic carbocycles. The maximum Gasteiger partial charge on any atom is 0.307 e. The normalized spacial score (nSPS) is 23.3. The summed E-state index contributed by atoms with van der Waals surface area (Å²) in [5.74, 6) is -0.716. The Morgan fingerprint density at radius 2 is 1.74 bits per heavy atom. The SMILES string of the molecule is COC(=O)CCNC(=O)[C@H]1c2ccccc2C(=O)N(C2CCCCC2)C12CCCCC2. The predicted molar refractivity (Wildman–Crippen MR) is 118 cm³/mol. The van der Waals surface area contributed by atoms with Crippen LogP contribution in [-0.2, 0) is 14.3 Å². The van der Waals surface area contributed by atoms with Crippen LogP contribution < -0.4 is 5.32 Å². The molecule has 0 radical (unpaired) electrons. The summed E-state index contributed by atoms with van der Waals surface area (Å²) in [5.41, 5.74) is 1.04. The molecule has 1 aromatic rings. The van der Waals surface area contributed by atoms with Gasteiger partial charge in [0.2, 0.25) is 5.91 Å². The summed E-state index contributed by atoms with van der Waals surface area (Å²) in [6, 6.07) is 7.84. The van der Waals surface area contributed by atoms with Crippen molar-refractivity contribution in [2.45, 2.75) is 88.1 Å². The first kappa shape index (κ1) is 21.8. The van der Waals surface area contributed by atoms with E-state index in [1.54, 1.807) is 0 Å². The van der Waals surface area contributed by atoms with Gasteiger partial charge >= 0.3 is 5.97 Å². The molecule has 4 rings (SSSR count). The molecule has 0 bridgehead atoms. The highest BCUT2D eigenvalue weighted by atomic mass is 16.5. The third kappa shape index (κ3) is 4.09. The van der Waals surface area contributed by atoms with E-state index in [0.29, 0.717) is 5.56 Å². The molecule has 1 aliphatic heterocycles. The average molecular weight is 427 g/mol. The van der Waals surface area contributed by atoms with Gasteiger partial charge in [0, 0.05) is 18.2 Å². The van der Waals surface area contributed by atoms with Crippen LogP contribution in [0.5, 0.6) is 0 Å². The molecule has 168 valence electrons. The fourth-order valence-electron chi connectivity index (χ4n) is 6.14. The average Bonchev–Trinajstić information content (AvgIpc) is 2.80. The second-order valence-corrected chi connectivity index (χ2v) is 9.27. The zero-order chi connectivity index (χ0) is 21.8. The highest BCUT2D eigenvalue weighted by Gasteiger charge is 2.56. The highest BCUT2D eigenvalue weighted by molar-refractivity contribution is 6.02. The Hall–Kier alpha value is -2.37. The van der Waals surface area contributed by atoms with Crippen LogP contribution in [0.4, 0.5) is 0 Å². The number of rotatable bonds is 5. The van der Waals surface area contributed by atoms with Crippen molar-refractivity contribution in [3.8, 4) is 0 Å². The van der Waals surface area contributed by atoms with Crippen LogP contribution in [-0.4, -0.2) is 47.9 Å². The van der Waals surface area contributed by atoms with E-state index in [1.807, 2.05) is 24.3 Å². The molecule has 6 heteroatoms. The van der Waals surface area contributed by atoms with Crippen LogP contribution in [0.3, 0.4) is 0 Å². The second-order valence-electron chi connectivity index (χ2n) is 9.27.